The zero-order valence-electron chi connectivity index (χ0n) is 10.2. The van der Waals surface area contributed by atoms with E-state index in [0.29, 0.717) is 6.42 Å². The van der Waals surface area contributed by atoms with Crippen molar-refractivity contribution in [3.8, 4) is 6.07 Å². The van der Waals surface area contributed by atoms with Crippen LogP contribution in [0.4, 0.5) is 0 Å². The third-order valence-electron chi connectivity index (χ3n) is 5.01. The van der Waals surface area contributed by atoms with Gasteiger partial charge in [-0.1, -0.05) is 0 Å². The largest absolute Gasteiger partial charge is 0.395 e. The summed E-state index contributed by atoms with van der Waals surface area (Å²) in [7, 11) is 0. The molecule has 0 aromatic carbocycles. The summed E-state index contributed by atoms with van der Waals surface area (Å²) in [6, 6.07) is 2.21. The fourth-order valence-electron chi connectivity index (χ4n) is 4.58. The lowest BCUT2D eigenvalue weighted by Crippen LogP contribution is -2.47. The number of nitrogens with zero attached hydrogens (tertiary/aromatic N) is 1. The van der Waals surface area contributed by atoms with Gasteiger partial charge in [0.05, 0.1) is 12.7 Å². The first-order valence-corrected chi connectivity index (χ1v) is 7.87. The van der Waals surface area contributed by atoms with Gasteiger partial charge >= 0.3 is 0 Å². The molecule has 0 heterocycles. The molecule has 0 amide bonds. The van der Waals surface area contributed by atoms with Crippen molar-refractivity contribution >= 4 is 11.8 Å². The summed E-state index contributed by atoms with van der Waals surface area (Å²) in [5.74, 6) is 3.81. The average molecular weight is 251 g/mol. The normalized spacial score (nSPS) is 44.6. The highest BCUT2D eigenvalue weighted by atomic mass is 32.2. The molecule has 4 aliphatic rings. The summed E-state index contributed by atoms with van der Waals surface area (Å²) in [5, 5.41) is 19.0. The fourth-order valence-corrected chi connectivity index (χ4v) is 6.17. The molecule has 2 nitrogen and oxygen atoms in total. The molecule has 4 bridgehead atoms. The molecular formula is C14H21NOS. The maximum atomic E-state index is 9.34. The Labute approximate surface area is 108 Å². The van der Waals surface area contributed by atoms with Crippen molar-refractivity contribution in [2.75, 3.05) is 6.61 Å². The molecule has 0 aromatic rings. The number of rotatable bonds is 4. The van der Waals surface area contributed by atoms with Crippen molar-refractivity contribution in [1.29, 1.82) is 5.26 Å². The minimum Gasteiger partial charge on any atom is -0.395 e. The average Bonchev–Trinajstić information content (AvgIpc) is 2.31. The molecule has 0 aliphatic heterocycles. The van der Waals surface area contributed by atoms with Gasteiger partial charge in [-0.2, -0.15) is 17.0 Å². The van der Waals surface area contributed by atoms with Crippen LogP contribution < -0.4 is 0 Å². The standard InChI is InChI=1S/C14H21NOS/c15-2-1-13(8-16)17-14-11-4-9-3-10(6-11)7-12(14)5-9/h9-14,16H,1,3-8H2. The van der Waals surface area contributed by atoms with Gasteiger partial charge < -0.3 is 5.11 Å². The van der Waals surface area contributed by atoms with Gasteiger partial charge in [0.1, 0.15) is 0 Å². The predicted octanol–water partition coefficient (Wildman–Crippen LogP) is 2.82. The molecule has 0 saturated heterocycles. The summed E-state index contributed by atoms with van der Waals surface area (Å²) in [6.07, 6.45) is 7.70. The second-order valence-electron chi connectivity index (χ2n) is 6.20. The molecule has 0 spiro atoms. The molecular weight excluding hydrogens is 230 g/mol. The second kappa shape index (κ2) is 4.82. The molecule has 0 radical (unpaired) electrons. The lowest BCUT2D eigenvalue weighted by atomic mass is 9.56. The minimum atomic E-state index is 0.155. The number of thioether (sulfide) groups is 1. The summed E-state index contributed by atoms with van der Waals surface area (Å²) in [4.78, 5) is 0. The minimum absolute atomic E-state index is 0.155. The fraction of sp³-hybridized carbons (Fsp3) is 0.929. The Morgan fingerprint density at radius 3 is 2.18 bits per heavy atom. The van der Waals surface area contributed by atoms with Crippen LogP contribution in [-0.4, -0.2) is 22.2 Å². The molecule has 4 fully saturated rings. The van der Waals surface area contributed by atoms with E-state index in [2.05, 4.69) is 6.07 Å². The maximum absolute atomic E-state index is 9.34. The molecule has 4 aliphatic carbocycles. The van der Waals surface area contributed by atoms with Gasteiger partial charge in [0, 0.05) is 16.9 Å². The van der Waals surface area contributed by atoms with Crippen LogP contribution in [0.1, 0.15) is 38.5 Å². The van der Waals surface area contributed by atoms with Crippen LogP contribution in [0.25, 0.3) is 0 Å². The first-order valence-electron chi connectivity index (χ1n) is 6.93. The molecule has 1 atom stereocenters. The molecule has 4 saturated carbocycles. The first kappa shape index (κ1) is 11.9. The topological polar surface area (TPSA) is 44.0 Å². The van der Waals surface area contributed by atoms with Crippen molar-refractivity contribution in [3.05, 3.63) is 0 Å². The maximum Gasteiger partial charge on any atom is 0.0634 e. The van der Waals surface area contributed by atoms with E-state index in [1.807, 2.05) is 11.8 Å². The summed E-state index contributed by atoms with van der Waals surface area (Å²) in [6.45, 7) is 0.168. The van der Waals surface area contributed by atoms with Gasteiger partial charge in [-0.3, -0.25) is 0 Å². The summed E-state index contributed by atoms with van der Waals surface area (Å²) >= 11 is 1.93. The van der Waals surface area contributed by atoms with E-state index in [1.54, 1.807) is 0 Å². The Morgan fingerprint density at radius 1 is 1.12 bits per heavy atom. The van der Waals surface area contributed by atoms with Gasteiger partial charge in [0.2, 0.25) is 0 Å². The Morgan fingerprint density at radius 2 is 1.71 bits per heavy atom. The Kier molecular flexibility index (Phi) is 3.36. The highest BCUT2D eigenvalue weighted by molar-refractivity contribution is 8.00. The Balaban J connectivity index is 1.66. The molecule has 17 heavy (non-hydrogen) atoms. The highest BCUT2D eigenvalue weighted by Gasteiger charge is 2.48. The zero-order chi connectivity index (χ0) is 11.8. The Hall–Kier alpha value is -0.200. The van der Waals surface area contributed by atoms with Gasteiger partial charge in [-0.05, 0) is 55.8 Å². The molecule has 94 valence electrons. The van der Waals surface area contributed by atoms with Gasteiger partial charge in [0.25, 0.3) is 0 Å². The highest BCUT2D eigenvalue weighted by Crippen LogP contribution is 2.57. The lowest BCUT2D eigenvalue weighted by Gasteiger charge is -2.54. The molecule has 1 unspecified atom stereocenters. The van der Waals surface area contributed by atoms with Gasteiger partial charge in [0.15, 0.2) is 0 Å². The van der Waals surface area contributed by atoms with Crippen LogP contribution >= 0.6 is 11.8 Å². The SMILES string of the molecule is N#CCC(CO)SC1C2CC3CC(C2)CC1C3. The van der Waals surface area contributed by atoms with E-state index in [9.17, 15) is 5.11 Å². The first-order chi connectivity index (χ1) is 8.30. The molecule has 1 N–H and O–H groups in total. The van der Waals surface area contributed by atoms with Gasteiger partial charge in [-0.15, -0.1) is 0 Å². The number of hydrogen-bond acceptors (Lipinski definition) is 3. The predicted molar refractivity (Wildman–Crippen MR) is 69.5 cm³/mol. The van der Waals surface area contributed by atoms with E-state index in [1.165, 1.54) is 32.1 Å². The smallest absolute Gasteiger partial charge is 0.0634 e. The van der Waals surface area contributed by atoms with Gasteiger partial charge in [-0.25, -0.2) is 0 Å². The quantitative estimate of drug-likeness (QED) is 0.835. The third kappa shape index (κ3) is 2.22. The summed E-state index contributed by atoms with van der Waals surface area (Å²) in [5.41, 5.74) is 0. The van der Waals surface area contributed by atoms with E-state index in [-0.39, 0.29) is 11.9 Å². The second-order valence-corrected chi connectivity index (χ2v) is 7.68. The van der Waals surface area contributed by atoms with Crippen molar-refractivity contribution in [3.63, 3.8) is 0 Å². The number of hydrogen-bond donors (Lipinski definition) is 1. The van der Waals surface area contributed by atoms with E-state index in [4.69, 9.17) is 5.26 Å². The molecule has 4 rings (SSSR count). The van der Waals surface area contributed by atoms with E-state index < -0.39 is 0 Å². The van der Waals surface area contributed by atoms with Crippen molar-refractivity contribution < 1.29 is 5.11 Å². The monoisotopic (exact) mass is 251 g/mol. The van der Waals surface area contributed by atoms with Crippen LogP contribution in [0.5, 0.6) is 0 Å². The molecule has 3 heteroatoms. The van der Waals surface area contributed by atoms with E-state index >= 15 is 0 Å². The third-order valence-corrected chi connectivity index (χ3v) is 6.80. The van der Waals surface area contributed by atoms with Crippen LogP contribution in [0.15, 0.2) is 0 Å². The van der Waals surface area contributed by atoms with Crippen molar-refractivity contribution in [2.24, 2.45) is 23.7 Å². The molecule has 0 aromatic heterocycles. The Bertz CT molecular complexity index is 297. The van der Waals surface area contributed by atoms with Crippen molar-refractivity contribution in [2.45, 2.75) is 49.0 Å². The number of nitriles is 1. The van der Waals surface area contributed by atoms with Crippen LogP contribution in [0.2, 0.25) is 0 Å². The van der Waals surface area contributed by atoms with Crippen LogP contribution in [0, 0.1) is 35.0 Å². The van der Waals surface area contributed by atoms with Crippen molar-refractivity contribution in [1.82, 2.24) is 0 Å². The van der Waals surface area contributed by atoms with E-state index in [0.717, 1.165) is 28.9 Å². The summed E-state index contributed by atoms with van der Waals surface area (Å²) < 4.78 is 0. The zero-order valence-corrected chi connectivity index (χ0v) is 11.0. The lowest BCUT2D eigenvalue weighted by molar-refractivity contribution is 0.0264. The van der Waals surface area contributed by atoms with Crippen LogP contribution in [-0.2, 0) is 0 Å². The number of aliphatic hydroxyl groups excluding tert-OH is 1. The number of aliphatic hydroxyl groups is 1. The van der Waals surface area contributed by atoms with Crippen LogP contribution in [0.3, 0.4) is 0 Å².